The van der Waals surface area contributed by atoms with Crippen molar-refractivity contribution in [2.75, 3.05) is 7.11 Å². The van der Waals surface area contributed by atoms with Gasteiger partial charge in [0.25, 0.3) is 0 Å². The highest BCUT2D eigenvalue weighted by molar-refractivity contribution is 5.99. The zero-order valence-electron chi connectivity index (χ0n) is 26.2. The third-order valence-corrected chi connectivity index (χ3v) is 7.31. The van der Waals surface area contributed by atoms with Gasteiger partial charge in [0.15, 0.2) is 0 Å². The lowest BCUT2D eigenvalue weighted by Crippen LogP contribution is -2.16. The molecule has 240 valence electrons. The summed E-state index contributed by atoms with van der Waals surface area (Å²) in [7, 11) is 1.40. The molecule has 45 heavy (non-hydrogen) atoms. The van der Waals surface area contributed by atoms with E-state index in [1.165, 1.54) is 25.3 Å². The molecule has 9 heteroatoms. The first kappa shape index (κ1) is 34.8. The monoisotopic (exact) mass is 618 g/mol. The maximum absolute atomic E-state index is 13.4. The Morgan fingerprint density at radius 2 is 1.18 bits per heavy atom. The number of methoxy groups -OCH3 is 1. The fourth-order valence-corrected chi connectivity index (χ4v) is 4.94. The van der Waals surface area contributed by atoms with E-state index in [1.54, 1.807) is 24.3 Å². The first-order valence-electron chi connectivity index (χ1n) is 15.4. The van der Waals surface area contributed by atoms with E-state index in [1.807, 2.05) is 19.9 Å². The van der Waals surface area contributed by atoms with E-state index in [0.29, 0.717) is 19.3 Å². The smallest absolute Gasteiger partial charge is 0.347 e. The van der Waals surface area contributed by atoms with Crippen molar-refractivity contribution in [3.63, 3.8) is 0 Å². The molecule has 0 amide bonds. The molecule has 3 aromatic carbocycles. The van der Waals surface area contributed by atoms with Gasteiger partial charge in [-0.05, 0) is 41.7 Å². The van der Waals surface area contributed by atoms with Crippen molar-refractivity contribution in [3.05, 3.63) is 82.4 Å². The summed E-state index contributed by atoms with van der Waals surface area (Å²) in [6.45, 7) is 4.01. The Morgan fingerprint density at radius 3 is 1.71 bits per heavy atom. The van der Waals surface area contributed by atoms with Crippen LogP contribution in [0.3, 0.4) is 0 Å². The molecule has 0 aliphatic rings. The SMILES string of the molecule is CCCCCC(=O)Cc1cc(OC(=O)c2c(O)cc(OC)cc2CC(=O)CCCCC)cc(O)c1C(=O)OCc1ccccc1. The number of phenolic OH excluding ortho intramolecular Hbond substituents is 2. The van der Waals surface area contributed by atoms with Crippen molar-refractivity contribution in [2.45, 2.75) is 84.7 Å². The second-order valence-electron chi connectivity index (χ2n) is 11.0. The summed E-state index contributed by atoms with van der Waals surface area (Å²) >= 11 is 0. The fraction of sp³-hybridized carbons (Fsp3) is 0.389. The summed E-state index contributed by atoms with van der Waals surface area (Å²) in [4.78, 5) is 52.1. The average molecular weight is 619 g/mol. The maximum Gasteiger partial charge on any atom is 0.347 e. The number of rotatable bonds is 18. The second kappa shape index (κ2) is 17.6. The highest BCUT2D eigenvalue weighted by Crippen LogP contribution is 2.33. The van der Waals surface area contributed by atoms with Gasteiger partial charge in [-0.3, -0.25) is 9.59 Å². The van der Waals surface area contributed by atoms with E-state index in [-0.39, 0.29) is 71.2 Å². The van der Waals surface area contributed by atoms with E-state index >= 15 is 0 Å². The summed E-state index contributed by atoms with van der Waals surface area (Å²) in [5, 5.41) is 21.7. The molecule has 0 radical (unpaired) electrons. The Hall–Kier alpha value is -4.66. The molecule has 0 unspecified atom stereocenters. The zero-order chi connectivity index (χ0) is 32.8. The van der Waals surface area contributed by atoms with Crippen LogP contribution in [-0.2, 0) is 33.8 Å². The lowest BCUT2D eigenvalue weighted by atomic mass is 9.97. The number of ketones is 2. The number of aromatic hydroxyl groups is 2. The van der Waals surface area contributed by atoms with Crippen molar-refractivity contribution >= 4 is 23.5 Å². The van der Waals surface area contributed by atoms with Gasteiger partial charge in [0.2, 0.25) is 0 Å². The summed E-state index contributed by atoms with van der Waals surface area (Å²) in [5.74, 6) is -2.92. The van der Waals surface area contributed by atoms with Gasteiger partial charge < -0.3 is 24.4 Å². The Bertz CT molecular complexity index is 1480. The molecule has 0 fully saturated rings. The Labute approximate surface area is 264 Å². The zero-order valence-corrected chi connectivity index (χ0v) is 26.2. The topological polar surface area (TPSA) is 136 Å². The molecule has 0 heterocycles. The number of hydrogen-bond acceptors (Lipinski definition) is 9. The van der Waals surface area contributed by atoms with Gasteiger partial charge >= 0.3 is 11.9 Å². The van der Waals surface area contributed by atoms with Crippen LogP contribution in [-0.4, -0.2) is 40.8 Å². The average Bonchev–Trinajstić information content (AvgIpc) is 3.00. The molecule has 3 aromatic rings. The molecule has 0 spiro atoms. The molecular formula is C36H42O9. The molecule has 0 aliphatic carbocycles. The summed E-state index contributed by atoms with van der Waals surface area (Å²) in [6.07, 6.45) is 5.34. The number of Topliss-reactive ketones (excluding diaryl/α,β-unsaturated/α-hetero) is 2. The number of ether oxygens (including phenoxy) is 3. The summed E-state index contributed by atoms with van der Waals surface area (Å²) in [6, 6.07) is 14.2. The largest absolute Gasteiger partial charge is 0.507 e. The van der Waals surface area contributed by atoms with Crippen LogP contribution < -0.4 is 9.47 Å². The Morgan fingerprint density at radius 1 is 0.667 bits per heavy atom. The van der Waals surface area contributed by atoms with Gasteiger partial charge in [0.05, 0.1) is 7.11 Å². The fourth-order valence-electron chi connectivity index (χ4n) is 4.94. The molecule has 0 aliphatic heterocycles. The highest BCUT2D eigenvalue weighted by Gasteiger charge is 2.25. The number of benzene rings is 3. The van der Waals surface area contributed by atoms with E-state index < -0.39 is 23.4 Å². The number of carbonyl (C=O) groups excluding carboxylic acids is 4. The second-order valence-corrected chi connectivity index (χ2v) is 11.0. The van der Waals surface area contributed by atoms with Gasteiger partial charge in [-0.15, -0.1) is 0 Å². The highest BCUT2D eigenvalue weighted by atomic mass is 16.5. The number of carbonyl (C=O) groups is 4. The minimum atomic E-state index is -0.981. The third-order valence-electron chi connectivity index (χ3n) is 7.31. The molecule has 0 saturated carbocycles. The molecule has 9 nitrogen and oxygen atoms in total. The summed E-state index contributed by atoms with van der Waals surface area (Å²) < 4.78 is 16.2. The van der Waals surface area contributed by atoms with Crippen LogP contribution in [0.25, 0.3) is 0 Å². The van der Waals surface area contributed by atoms with E-state index in [4.69, 9.17) is 14.2 Å². The van der Waals surface area contributed by atoms with Gasteiger partial charge in [0, 0.05) is 37.8 Å². The molecule has 0 saturated heterocycles. The van der Waals surface area contributed by atoms with Gasteiger partial charge in [-0.2, -0.15) is 0 Å². The first-order valence-corrected chi connectivity index (χ1v) is 15.4. The van der Waals surface area contributed by atoms with Crippen LogP contribution in [0, 0.1) is 0 Å². The van der Waals surface area contributed by atoms with Gasteiger partial charge in [-0.25, -0.2) is 9.59 Å². The van der Waals surface area contributed by atoms with Crippen LogP contribution in [0.15, 0.2) is 54.6 Å². The molecule has 2 N–H and O–H groups in total. The Balaban J connectivity index is 1.92. The van der Waals surface area contributed by atoms with Crippen molar-refractivity contribution in [3.8, 4) is 23.0 Å². The lowest BCUT2D eigenvalue weighted by Gasteiger charge is -2.15. The summed E-state index contributed by atoms with van der Waals surface area (Å²) in [5.41, 5.74) is 0.701. The predicted molar refractivity (Wildman–Crippen MR) is 169 cm³/mol. The van der Waals surface area contributed by atoms with Crippen molar-refractivity contribution in [2.24, 2.45) is 0 Å². The van der Waals surface area contributed by atoms with Gasteiger partial charge in [-0.1, -0.05) is 69.9 Å². The van der Waals surface area contributed by atoms with Crippen molar-refractivity contribution in [1.82, 2.24) is 0 Å². The maximum atomic E-state index is 13.4. The minimum Gasteiger partial charge on any atom is -0.507 e. The molecule has 0 atom stereocenters. The molecular weight excluding hydrogens is 576 g/mol. The predicted octanol–water partition coefficient (Wildman–Crippen LogP) is 7.07. The van der Waals surface area contributed by atoms with Gasteiger partial charge in [0.1, 0.15) is 52.3 Å². The van der Waals surface area contributed by atoms with Crippen molar-refractivity contribution in [1.29, 1.82) is 0 Å². The third kappa shape index (κ3) is 10.5. The van der Waals surface area contributed by atoms with E-state index in [9.17, 15) is 29.4 Å². The van der Waals surface area contributed by atoms with Crippen LogP contribution in [0.5, 0.6) is 23.0 Å². The normalized spacial score (nSPS) is 10.7. The van der Waals surface area contributed by atoms with E-state index in [0.717, 1.165) is 37.3 Å². The molecule has 3 rings (SSSR count). The quantitative estimate of drug-likeness (QED) is 0.0871. The Kier molecular flexibility index (Phi) is 13.6. The van der Waals surface area contributed by atoms with E-state index in [2.05, 4.69) is 0 Å². The van der Waals surface area contributed by atoms with Crippen LogP contribution in [0.2, 0.25) is 0 Å². The standard InChI is InChI=1S/C36H42O9/c1-4-6-9-15-27(37)17-25-19-29(43-3)21-31(39)34(25)36(42)45-30-20-26(18-28(38)16-10-7-5-2)33(32(40)22-30)35(41)44-23-24-13-11-8-12-14-24/h8,11-14,19-22,39-40H,4-7,9-10,15-18,23H2,1-3H3. The first-order chi connectivity index (χ1) is 21.7. The van der Waals surface area contributed by atoms with Crippen LogP contribution in [0.4, 0.5) is 0 Å². The van der Waals surface area contributed by atoms with Crippen molar-refractivity contribution < 1.29 is 43.6 Å². The number of hydrogen-bond donors (Lipinski definition) is 2. The van der Waals surface area contributed by atoms with Crippen LogP contribution in [0.1, 0.15) is 103 Å². The number of esters is 2. The number of unbranched alkanes of at least 4 members (excludes halogenated alkanes) is 4. The minimum absolute atomic E-state index is 0.0452. The number of phenols is 2. The molecule has 0 bridgehead atoms. The molecule has 0 aromatic heterocycles. The van der Waals surface area contributed by atoms with Crippen LogP contribution >= 0.6 is 0 Å². The lowest BCUT2D eigenvalue weighted by molar-refractivity contribution is -0.119.